The molecule has 0 aromatic heterocycles. The van der Waals surface area contributed by atoms with Crippen LogP contribution in [0.5, 0.6) is 0 Å². The van der Waals surface area contributed by atoms with Crippen LogP contribution < -0.4 is 5.32 Å². The Morgan fingerprint density at radius 3 is 2.73 bits per heavy atom. The predicted molar refractivity (Wildman–Crippen MR) is 94.7 cm³/mol. The standard InChI is InChI=1S/C17H21N3O5S/c1-3-25-17(21)14(11-18)12-19-15-5-4-13(2)16(10-15)26(22,23)20-6-8-24-9-7-20/h4-5,10,12,19H,3,6-9H2,1-2H3/b14-12+. The lowest BCUT2D eigenvalue weighted by Gasteiger charge is -2.26. The highest BCUT2D eigenvalue weighted by atomic mass is 32.2. The number of morpholine rings is 1. The lowest BCUT2D eigenvalue weighted by molar-refractivity contribution is -0.138. The van der Waals surface area contributed by atoms with Crippen LogP contribution in [0.2, 0.25) is 0 Å². The van der Waals surface area contributed by atoms with Gasteiger partial charge in [0.1, 0.15) is 6.07 Å². The van der Waals surface area contributed by atoms with E-state index in [4.69, 9.17) is 14.7 Å². The molecule has 0 spiro atoms. The van der Waals surface area contributed by atoms with Crippen molar-refractivity contribution in [1.82, 2.24) is 4.31 Å². The maximum Gasteiger partial charge on any atom is 0.350 e. The number of aryl methyl sites for hydroxylation is 1. The number of anilines is 1. The molecule has 1 aromatic carbocycles. The molecule has 0 amide bonds. The molecular formula is C17H21N3O5S. The summed E-state index contributed by atoms with van der Waals surface area (Å²) in [6.45, 7) is 4.86. The molecule has 1 heterocycles. The van der Waals surface area contributed by atoms with Crippen molar-refractivity contribution >= 4 is 21.7 Å². The second-order valence-electron chi connectivity index (χ2n) is 5.53. The van der Waals surface area contributed by atoms with Gasteiger partial charge in [0.05, 0.1) is 24.7 Å². The molecule has 8 nitrogen and oxygen atoms in total. The van der Waals surface area contributed by atoms with Crippen LogP contribution in [-0.2, 0) is 24.3 Å². The fourth-order valence-corrected chi connectivity index (χ4v) is 4.05. The van der Waals surface area contributed by atoms with E-state index in [1.54, 1.807) is 32.0 Å². The van der Waals surface area contributed by atoms with Crippen LogP contribution in [0.4, 0.5) is 5.69 Å². The van der Waals surface area contributed by atoms with Crippen LogP contribution in [0, 0.1) is 18.3 Å². The van der Waals surface area contributed by atoms with Crippen LogP contribution in [-0.4, -0.2) is 51.6 Å². The third-order valence-electron chi connectivity index (χ3n) is 3.77. The summed E-state index contributed by atoms with van der Waals surface area (Å²) >= 11 is 0. The van der Waals surface area contributed by atoms with E-state index in [1.165, 1.54) is 16.6 Å². The molecule has 1 fully saturated rings. The number of nitriles is 1. The predicted octanol–water partition coefficient (Wildman–Crippen LogP) is 1.40. The zero-order valence-electron chi connectivity index (χ0n) is 14.7. The normalized spacial score (nSPS) is 16.0. The van der Waals surface area contributed by atoms with Crippen molar-refractivity contribution in [2.75, 3.05) is 38.2 Å². The molecule has 0 radical (unpaired) electrons. The summed E-state index contributed by atoms with van der Waals surface area (Å²) < 4.78 is 37.1. The molecular weight excluding hydrogens is 358 g/mol. The number of esters is 1. The average Bonchev–Trinajstić information content (AvgIpc) is 2.64. The minimum Gasteiger partial charge on any atom is -0.462 e. The highest BCUT2D eigenvalue weighted by Crippen LogP contribution is 2.24. The first-order chi connectivity index (χ1) is 12.4. The van der Waals surface area contributed by atoms with E-state index in [0.29, 0.717) is 37.6 Å². The highest BCUT2D eigenvalue weighted by molar-refractivity contribution is 7.89. The molecule has 0 aliphatic carbocycles. The van der Waals surface area contributed by atoms with Gasteiger partial charge >= 0.3 is 5.97 Å². The first-order valence-electron chi connectivity index (χ1n) is 8.12. The van der Waals surface area contributed by atoms with Gasteiger partial charge in [-0.1, -0.05) is 6.07 Å². The minimum atomic E-state index is -3.65. The molecule has 140 valence electrons. The number of rotatable bonds is 6. The van der Waals surface area contributed by atoms with Gasteiger partial charge in [0.25, 0.3) is 0 Å². The lowest BCUT2D eigenvalue weighted by Crippen LogP contribution is -2.40. The summed E-state index contributed by atoms with van der Waals surface area (Å²) in [7, 11) is -3.65. The Hall–Kier alpha value is -2.41. The van der Waals surface area contributed by atoms with Gasteiger partial charge in [0.15, 0.2) is 5.57 Å². The highest BCUT2D eigenvalue weighted by Gasteiger charge is 2.27. The second-order valence-corrected chi connectivity index (χ2v) is 7.44. The van der Waals surface area contributed by atoms with Crippen LogP contribution >= 0.6 is 0 Å². The third kappa shape index (κ3) is 4.60. The van der Waals surface area contributed by atoms with Crippen LogP contribution in [0.1, 0.15) is 12.5 Å². The number of ether oxygens (including phenoxy) is 2. The van der Waals surface area contributed by atoms with Crippen LogP contribution in [0.25, 0.3) is 0 Å². The number of nitrogens with zero attached hydrogens (tertiary/aromatic N) is 2. The fraction of sp³-hybridized carbons (Fsp3) is 0.412. The van der Waals surface area contributed by atoms with E-state index in [-0.39, 0.29) is 17.1 Å². The van der Waals surface area contributed by atoms with Gasteiger partial charge in [-0.05, 0) is 31.5 Å². The Labute approximate surface area is 153 Å². The van der Waals surface area contributed by atoms with E-state index < -0.39 is 16.0 Å². The van der Waals surface area contributed by atoms with Gasteiger partial charge in [0.2, 0.25) is 10.0 Å². The van der Waals surface area contributed by atoms with Gasteiger partial charge in [-0.3, -0.25) is 0 Å². The van der Waals surface area contributed by atoms with Gasteiger partial charge < -0.3 is 14.8 Å². The third-order valence-corrected chi connectivity index (χ3v) is 5.82. The summed E-state index contributed by atoms with van der Waals surface area (Å²) in [5, 5.41) is 11.8. The monoisotopic (exact) mass is 379 g/mol. The number of carbonyl (C=O) groups is 1. The molecule has 9 heteroatoms. The Bertz CT molecular complexity index is 836. The summed E-state index contributed by atoms with van der Waals surface area (Å²) in [5.41, 5.74) is 0.849. The van der Waals surface area contributed by atoms with Gasteiger partial charge in [-0.15, -0.1) is 0 Å². The Morgan fingerprint density at radius 1 is 1.42 bits per heavy atom. The lowest BCUT2D eigenvalue weighted by atomic mass is 10.2. The first-order valence-corrected chi connectivity index (χ1v) is 9.56. The van der Waals surface area contributed by atoms with Crippen molar-refractivity contribution in [1.29, 1.82) is 5.26 Å². The maximum atomic E-state index is 12.8. The molecule has 0 atom stereocenters. The summed E-state index contributed by atoms with van der Waals surface area (Å²) in [5.74, 6) is -0.740. The molecule has 0 saturated carbocycles. The van der Waals surface area contributed by atoms with E-state index in [2.05, 4.69) is 5.32 Å². The van der Waals surface area contributed by atoms with Crippen molar-refractivity contribution in [3.8, 4) is 6.07 Å². The first kappa shape index (κ1) is 19.9. The molecule has 1 saturated heterocycles. The van der Waals surface area contributed by atoms with Gasteiger partial charge in [-0.25, -0.2) is 13.2 Å². The van der Waals surface area contributed by atoms with Crippen molar-refractivity contribution in [2.45, 2.75) is 18.7 Å². The topological polar surface area (TPSA) is 109 Å². The van der Waals surface area contributed by atoms with Gasteiger partial charge in [-0.2, -0.15) is 9.57 Å². The van der Waals surface area contributed by atoms with E-state index in [1.807, 2.05) is 0 Å². The van der Waals surface area contributed by atoms with E-state index in [0.717, 1.165) is 0 Å². The summed E-state index contributed by atoms with van der Waals surface area (Å²) in [6.07, 6.45) is 1.20. The quantitative estimate of drug-likeness (QED) is 0.452. The molecule has 1 aliphatic rings. The summed E-state index contributed by atoms with van der Waals surface area (Å²) in [6, 6.07) is 6.57. The van der Waals surface area contributed by atoms with Crippen molar-refractivity contribution in [3.63, 3.8) is 0 Å². The van der Waals surface area contributed by atoms with Crippen molar-refractivity contribution in [2.24, 2.45) is 0 Å². The average molecular weight is 379 g/mol. The molecule has 1 aromatic rings. The number of hydrogen-bond acceptors (Lipinski definition) is 7. The smallest absolute Gasteiger partial charge is 0.350 e. The largest absolute Gasteiger partial charge is 0.462 e. The number of carbonyl (C=O) groups excluding carboxylic acids is 1. The van der Waals surface area contributed by atoms with Crippen LogP contribution in [0.15, 0.2) is 34.9 Å². The molecule has 2 rings (SSSR count). The van der Waals surface area contributed by atoms with Crippen molar-refractivity contribution in [3.05, 3.63) is 35.5 Å². The van der Waals surface area contributed by atoms with E-state index >= 15 is 0 Å². The Balaban J connectivity index is 2.27. The number of benzene rings is 1. The molecule has 0 bridgehead atoms. The zero-order valence-corrected chi connectivity index (χ0v) is 15.5. The minimum absolute atomic E-state index is 0.157. The molecule has 26 heavy (non-hydrogen) atoms. The zero-order chi connectivity index (χ0) is 19.2. The maximum absolute atomic E-state index is 12.8. The Kier molecular flexibility index (Phi) is 6.74. The molecule has 1 aliphatic heterocycles. The number of nitrogens with one attached hydrogen (secondary N) is 1. The summed E-state index contributed by atoms with van der Waals surface area (Å²) in [4.78, 5) is 11.8. The number of hydrogen-bond donors (Lipinski definition) is 1. The van der Waals surface area contributed by atoms with Crippen LogP contribution in [0.3, 0.4) is 0 Å². The van der Waals surface area contributed by atoms with Crippen molar-refractivity contribution < 1.29 is 22.7 Å². The van der Waals surface area contributed by atoms with Gasteiger partial charge in [0, 0.05) is 25.0 Å². The Morgan fingerprint density at radius 2 is 2.12 bits per heavy atom. The second kappa shape index (κ2) is 8.80. The fourth-order valence-electron chi connectivity index (χ4n) is 2.40. The molecule has 0 unspecified atom stereocenters. The SMILES string of the molecule is CCOC(=O)/C(C#N)=C/Nc1ccc(C)c(S(=O)(=O)N2CCOCC2)c1. The number of sulfonamides is 1. The van der Waals surface area contributed by atoms with E-state index in [9.17, 15) is 13.2 Å². The molecule has 1 N–H and O–H groups in total.